The molecule has 7 nitrogen and oxygen atoms in total. The Kier molecular flexibility index (Phi) is 6.20. The number of carboxylic acid groups (broad SMARTS) is 1. The molecular formula is C23H28N4O3. The van der Waals surface area contributed by atoms with Gasteiger partial charge in [0, 0.05) is 30.3 Å². The lowest BCUT2D eigenvalue weighted by atomic mass is 9.87. The Morgan fingerprint density at radius 3 is 2.53 bits per heavy atom. The molecule has 1 fully saturated rings. The topological polar surface area (TPSA) is 139 Å². The number of likely N-dealkylation sites (tertiary alicyclic amines) is 1. The van der Waals surface area contributed by atoms with Gasteiger partial charge in [0.2, 0.25) is 0 Å². The van der Waals surface area contributed by atoms with E-state index in [2.05, 4.69) is 4.90 Å². The molecule has 1 unspecified atom stereocenters. The lowest BCUT2D eigenvalue weighted by molar-refractivity contribution is 0.0696. The van der Waals surface area contributed by atoms with E-state index in [1.54, 1.807) is 42.5 Å². The number of phenolic OH excluding ortho intramolecular Hbond substituents is 1. The number of hydrogen-bond acceptors (Lipinski definition) is 6. The predicted octanol–water partition coefficient (Wildman–Crippen LogP) is 2.66. The van der Waals surface area contributed by atoms with E-state index in [0.29, 0.717) is 23.5 Å². The van der Waals surface area contributed by atoms with Gasteiger partial charge in [-0.15, -0.1) is 0 Å². The number of para-hydroxylation sites is 1. The van der Waals surface area contributed by atoms with E-state index >= 15 is 0 Å². The van der Waals surface area contributed by atoms with E-state index in [9.17, 15) is 15.0 Å². The molecule has 1 atom stereocenters. The van der Waals surface area contributed by atoms with Crippen LogP contribution in [0.3, 0.4) is 0 Å². The fourth-order valence-electron chi connectivity index (χ4n) is 4.02. The second kappa shape index (κ2) is 8.82. The van der Waals surface area contributed by atoms with E-state index in [1.165, 1.54) is 0 Å². The summed E-state index contributed by atoms with van der Waals surface area (Å²) in [4.78, 5) is 13.3. The van der Waals surface area contributed by atoms with Crippen LogP contribution in [0.4, 0.5) is 0 Å². The Balaban J connectivity index is 1.87. The van der Waals surface area contributed by atoms with Crippen LogP contribution in [0.2, 0.25) is 0 Å². The highest BCUT2D eigenvalue weighted by atomic mass is 16.4. The number of nitrogens with two attached hydrogens (primary N) is 3. The molecule has 0 spiro atoms. The minimum atomic E-state index is -0.930. The molecule has 3 rings (SSSR count). The van der Waals surface area contributed by atoms with Crippen molar-refractivity contribution >= 4 is 11.7 Å². The summed E-state index contributed by atoms with van der Waals surface area (Å²) in [5.41, 5.74) is 22.1. The average molecular weight is 409 g/mol. The van der Waals surface area contributed by atoms with Gasteiger partial charge in [-0.05, 0) is 61.2 Å². The zero-order chi connectivity index (χ0) is 21.8. The third-order valence-electron chi connectivity index (χ3n) is 5.52. The van der Waals surface area contributed by atoms with E-state index in [4.69, 9.17) is 17.2 Å². The van der Waals surface area contributed by atoms with Crippen LogP contribution < -0.4 is 17.2 Å². The number of aromatic hydroxyl groups is 1. The second-order valence-corrected chi connectivity index (χ2v) is 7.62. The Hall–Kier alpha value is -3.61. The first-order chi connectivity index (χ1) is 14.3. The second-order valence-electron chi connectivity index (χ2n) is 7.62. The van der Waals surface area contributed by atoms with Crippen molar-refractivity contribution in [1.29, 1.82) is 0 Å². The Bertz CT molecular complexity index is 1010. The number of hydrogen-bond donors (Lipinski definition) is 5. The zero-order valence-electron chi connectivity index (χ0n) is 17.0. The molecule has 158 valence electrons. The van der Waals surface area contributed by atoms with Crippen LogP contribution in [-0.2, 0) is 0 Å². The number of phenols is 1. The molecule has 0 saturated carbocycles. The Morgan fingerprint density at radius 2 is 1.90 bits per heavy atom. The van der Waals surface area contributed by atoms with Crippen LogP contribution >= 0.6 is 0 Å². The number of carboxylic acids is 1. The summed E-state index contributed by atoms with van der Waals surface area (Å²) >= 11 is 0. The number of allylic oxidation sites excluding steroid dienone is 1. The summed E-state index contributed by atoms with van der Waals surface area (Å²) in [5, 5.41) is 19.3. The highest BCUT2D eigenvalue weighted by Gasteiger charge is 2.25. The fraction of sp³-hybridized carbons (Fsp3) is 0.261. The quantitative estimate of drug-likeness (QED) is 0.479. The molecule has 1 aliphatic heterocycles. The van der Waals surface area contributed by atoms with Crippen molar-refractivity contribution in [2.24, 2.45) is 17.2 Å². The van der Waals surface area contributed by atoms with Crippen molar-refractivity contribution in [1.82, 2.24) is 4.90 Å². The number of aryl methyl sites for hydroxylation is 1. The van der Waals surface area contributed by atoms with Crippen molar-refractivity contribution in [3.05, 3.63) is 82.3 Å². The average Bonchev–Trinajstić information content (AvgIpc) is 2.71. The van der Waals surface area contributed by atoms with Crippen molar-refractivity contribution in [3.8, 4) is 5.75 Å². The third kappa shape index (κ3) is 4.51. The predicted molar refractivity (Wildman–Crippen MR) is 117 cm³/mol. The SMILES string of the molecule is Cc1cc(C(=O)O)ccc1C1CCCN(C(/C=C(\N)c2ccccc2O)=C(N)N)C1. The summed E-state index contributed by atoms with van der Waals surface area (Å²) in [7, 11) is 0. The summed E-state index contributed by atoms with van der Waals surface area (Å²) < 4.78 is 0. The number of rotatable bonds is 5. The molecule has 1 aliphatic rings. The third-order valence-corrected chi connectivity index (χ3v) is 5.52. The lowest BCUT2D eigenvalue weighted by Gasteiger charge is -2.36. The van der Waals surface area contributed by atoms with Gasteiger partial charge in [0.1, 0.15) is 11.6 Å². The molecule has 30 heavy (non-hydrogen) atoms. The van der Waals surface area contributed by atoms with Crippen LogP contribution in [0, 0.1) is 6.92 Å². The smallest absolute Gasteiger partial charge is 0.335 e. The van der Waals surface area contributed by atoms with Gasteiger partial charge in [-0.1, -0.05) is 18.2 Å². The maximum Gasteiger partial charge on any atom is 0.335 e. The molecular weight excluding hydrogens is 380 g/mol. The standard InChI is InChI=1S/C23H28N4O3/c1-14-11-15(23(29)30)8-9-17(14)16-5-4-10-27(13-16)20(22(25)26)12-19(24)18-6-2-3-7-21(18)28/h2-3,6-9,11-12,16,28H,4-5,10,13,24-26H2,1H3,(H,29,30)/b19-12-. The number of piperidine rings is 1. The first kappa shape index (κ1) is 21.1. The van der Waals surface area contributed by atoms with Gasteiger partial charge in [-0.25, -0.2) is 4.79 Å². The first-order valence-corrected chi connectivity index (χ1v) is 9.87. The highest BCUT2D eigenvalue weighted by molar-refractivity contribution is 5.87. The summed E-state index contributed by atoms with van der Waals surface area (Å²) in [5.74, 6) is -0.463. The molecule has 8 N–H and O–H groups in total. The molecule has 7 heteroatoms. The molecule has 1 heterocycles. The first-order valence-electron chi connectivity index (χ1n) is 9.87. The van der Waals surface area contributed by atoms with Gasteiger partial charge < -0.3 is 32.3 Å². The van der Waals surface area contributed by atoms with E-state index < -0.39 is 5.97 Å². The number of nitrogens with zero attached hydrogens (tertiary/aromatic N) is 1. The molecule has 0 amide bonds. The summed E-state index contributed by atoms with van der Waals surface area (Å²) in [6.45, 7) is 3.40. The van der Waals surface area contributed by atoms with Crippen molar-refractivity contribution in [3.63, 3.8) is 0 Å². The summed E-state index contributed by atoms with van der Waals surface area (Å²) in [6, 6.07) is 12.1. The molecule has 0 aromatic heterocycles. The maximum absolute atomic E-state index is 11.2. The number of carbonyl (C=O) groups is 1. The van der Waals surface area contributed by atoms with Gasteiger partial charge in [0.05, 0.1) is 11.3 Å². The van der Waals surface area contributed by atoms with Crippen LogP contribution in [0.25, 0.3) is 5.70 Å². The van der Waals surface area contributed by atoms with Crippen molar-refractivity contribution in [2.45, 2.75) is 25.7 Å². The normalized spacial score (nSPS) is 16.9. The van der Waals surface area contributed by atoms with E-state index in [-0.39, 0.29) is 23.1 Å². The summed E-state index contributed by atoms with van der Waals surface area (Å²) in [6.07, 6.45) is 3.62. The molecule has 0 bridgehead atoms. The van der Waals surface area contributed by atoms with Crippen molar-refractivity contribution in [2.75, 3.05) is 13.1 Å². The number of aromatic carboxylic acids is 1. The van der Waals surface area contributed by atoms with Crippen LogP contribution in [0.15, 0.2) is 60.1 Å². The van der Waals surface area contributed by atoms with E-state index in [1.807, 2.05) is 13.0 Å². The molecule has 0 aliphatic carbocycles. The largest absolute Gasteiger partial charge is 0.507 e. The highest BCUT2D eigenvalue weighted by Crippen LogP contribution is 2.32. The lowest BCUT2D eigenvalue weighted by Crippen LogP contribution is -2.36. The maximum atomic E-state index is 11.2. The molecule has 1 saturated heterocycles. The molecule has 2 aromatic carbocycles. The Morgan fingerprint density at radius 1 is 1.17 bits per heavy atom. The fourth-order valence-corrected chi connectivity index (χ4v) is 4.02. The van der Waals surface area contributed by atoms with Crippen LogP contribution in [0.1, 0.15) is 45.8 Å². The van der Waals surface area contributed by atoms with Gasteiger partial charge in [0.15, 0.2) is 0 Å². The number of benzene rings is 2. The minimum Gasteiger partial charge on any atom is -0.507 e. The van der Waals surface area contributed by atoms with Crippen LogP contribution in [-0.4, -0.2) is 34.2 Å². The molecule has 0 radical (unpaired) electrons. The Labute approximate surface area is 176 Å². The van der Waals surface area contributed by atoms with Gasteiger partial charge >= 0.3 is 5.97 Å². The molecule has 2 aromatic rings. The monoisotopic (exact) mass is 408 g/mol. The zero-order valence-corrected chi connectivity index (χ0v) is 17.0. The van der Waals surface area contributed by atoms with Gasteiger partial charge in [0.25, 0.3) is 0 Å². The minimum absolute atomic E-state index is 0.0897. The van der Waals surface area contributed by atoms with Crippen LogP contribution in [0.5, 0.6) is 5.75 Å². The van der Waals surface area contributed by atoms with Gasteiger partial charge in [-0.2, -0.15) is 0 Å². The van der Waals surface area contributed by atoms with Gasteiger partial charge in [-0.3, -0.25) is 0 Å². The van der Waals surface area contributed by atoms with E-state index in [0.717, 1.165) is 30.5 Å². The van der Waals surface area contributed by atoms with Crippen molar-refractivity contribution < 1.29 is 15.0 Å².